The minimum absolute atomic E-state index is 0.155. The first-order valence-corrected chi connectivity index (χ1v) is 9.39. The maximum Gasteiger partial charge on any atom is 0.416 e. The third kappa shape index (κ3) is 5.03. The molecule has 1 aliphatic rings. The van der Waals surface area contributed by atoms with Gasteiger partial charge in [0.2, 0.25) is 5.91 Å². The van der Waals surface area contributed by atoms with Crippen LogP contribution in [0.5, 0.6) is 5.75 Å². The molecule has 0 spiro atoms. The van der Waals surface area contributed by atoms with Gasteiger partial charge in [-0.3, -0.25) is 4.79 Å². The van der Waals surface area contributed by atoms with E-state index < -0.39 is 11.7 Å². The van der Waals surface area contributed by atoms with Gasteiger partial charge in [0.1, 0.15) is 5.75 Å². The summed E-state index contributed by atoms with van der Waals surface area (Å²) < 4.78 is 44.0. The van der Waals surface area contributed by atoms with Crippen molar-refractivity contribution in [1.82, 2.24) is 4.90 Å². The molecule has 1 aliphatic heterocycles. The van der Waals surface area contributed by atoms with Crippen LogP contribution in [0.3, 0.4) is 0 Å². The minimum Gasteiger partial charge on any atom is -0.495 e. The number of halogens is 4. The molecule has 0 aliphatic carbocycles. The van der Waals surface area contributed by atoms with Gasteiger partial charge >= 0.3 is 6.18 Å². The summed E-state index contributed by atoms with van der Waals surface area (Å²) in [6.07, 6.45) is -1.88. The SMILES string of the molecule is COc1ccccc1N1CCN(C(=O)/C=C/c2cc(C(F)(F)F)ccc2Cl)CC1. The fourth-order valence-corrected chi connectivity index (χ4v) is 3.35. The number of benzene rings is 2. The van der Waals surface area contributed by atoms with Gasteiger partial charge in [0.25, 0.3) is 0 Å². The Morgan fingerprint density at radius 1 is 1.10 bits per heavy atom. The lowest BCUT2D eigenvalue weighted by molar-refractivity contribution is -0.137. The number of rotatable bonds is 4. The van der Waals surface area contributed by atoms with Gasteiger partial charge in [0.15, 0.2) is 0 Å². The third-order valence-corrected chi connectivity index (χ3v) is 5.09. The molecule has 0 atom stereocenters. The van der Waals surface area contributed by atoms with Gasteiger partial charge in [-0.15, -0.1) is 0 Å². The van der Waals surface area contributed by atoms with Crippen LogP contribution < -0.4 is 9.64 Å². The molecule has 0 unspecified atom stereocenters. The molecule has 2 aromatic rings. The molecule has 2 aromatic carbocycles. The molecule has 4 nitrogen and oxygen atoms in total. The van der Waals surface area contributed by atoms with Crippen molar-refractivity contribution in [2.45, 2.75) is 6.18 Å². The Morgan fingerprint density at radius 2 is 1.79 bits per heavy atom. The van der Waals surface area contributed by atoms with Crippen LogP contribution in [0.15, 0.2) is 48.5 Å². The normalized spacial score (nSPS) is 15.1. The van der Waals surface area contributed by atoms with E-state index in [-0.39, 0.29) is 16.5 Å². The molecule has 0 N–H and O–H groups in total. The van der Waals surface area contributed by atoms with Gasteiger partial charge in [0.05, 0.1) is 18.4 Å². The monoisotopic (exact) mass is 424 g/mol. The van der Waals surface area contributed by atoms with Crippen molar-refractivity contribution in [1.29, 1.82) is 0 Å². The summed E-state index contributed by atoms with van der Waals surface area (Å²) in [6, 6.07) is 10.7. The summed E-state index contributed by atoms with van der Waals surface area (Å²) in [7, 11) is 1.61. The second-order valence-electron chi connectivity index (χ2n) is 6.55. The maximum absolute atomic E-state index is 12.9. The second kappa shape index (κ2) is 8.78. The van der Waals surface area contributed by atoms with Gasteiger partial charge in [-0.05, 0) is 42.0 Å². The number of amides is 1. The van der Waals surface area contributed by atoms with E-state index in [9.17, 15) is 18.0 Å². The topological polar surface area (TPSA) is 32.8 Å². The number of para-hydroxylation sites is 2. The Kier molecular flexibility index (Phi) is 6.37. The summed E-state index contributed by atoms with van der Waals surface area (Å²) in [5.41, 5.74) is 0.315. The number of piperazine rings is 1. The van der Waals surface area contributed by atoms with Crippen LogP contribution in [-0.4, -0.2) is 44.1 Å². The van der Waals surface area contributed by atoms with E-state index in [4.69, 9.17) is 16.3 Å². The Bertz CT molecular complexity index is 907. The Hall–Kier alpha value is -2.67. The summed E-state index contributed by atoms with van der Waals surface area (Å²) in [5, 5.41) is 0.156. The number of hydrogen-bond acceptors (Lipinski definition) is 3. The summed E-state index contributed by atoms with van der Waals surface area (Å²) in [5.74, 6) is 0.504. The van der Waals surface area contributed by atoms with E-state index in [1.54, 1.807) is 12.0 Å². The molecule has 1 fully saturated rings. The van der Waals surface area contributed by atoms with Crippen LogP contribution in [0.2, 0.25) is 5.02 Å². The number of anilines is 1. The number of ether oxygens (including phenoxy) is 1. The first kappa shape index (κ1) is 21.0. The Balaban J connectivity index is 1.64. The quantitative estimate of drug-likeness (QED) is 0.665. The van der Waals surface area contributed by atoms with E-state index in [1.807, 2.05) is 24.3 Å². The number of methoxy groups -OCH3 is 1. The summed E-state index contributed by atoms with van der Waals surface area (Å²) in [4.78, 5) is 16.3. The molecule has 1 heterocycles. The standard InChI is InChI=1S/C21H20ClF3N2O2/c1-29-19-5-3-2-4-18(19)26-10-12-27(13-11-26)20(28)9-6-15-14-16(21(23,24)25)7-8-17(15)22/h2-9,14H,10-13H2,1H3/b9-6+. The van der Waals surface area contributed by atoms with E-state index >= 15 is 0 Å². The highest BCUT2D eigenvalue weighted by Crippen LogP contribution is 2.32. The number of hydrogen-bond donors (Lipinski definition) is 0. The third-order valence-electron chi connectivity index (χ3n) is 4.75. The molecule has 8 heteroatoms. The van der Waals surface area contributed by atoms with Crippen LogP contribution in [-0.2, 0) is 11.0 Å². The highest BCUT2D eigenvalue weighted by molar-refractivity contribution is 6.32. The lowest BCUT2D eigenvalue weighted by atomic mass is 10.1. The van der Waals surface area contributed by atoms with E-state index in [2.05, 4.69) is 4.90 Å². The van der Waals surface area contributed by atoms with Crippen molar-refractivity contribution in [2.75, 3.05) is 38.2 Å². The highest BCUT2D eigenvalue weighted by Gasteiger charge is 2.30. The molecule has 154 valence electrons. The van der Waals surface area contributed by atoms with Crippen molar-refractivity contribution >= 4 is 29.3 Å². The maximum atomic E-state index is 12.9. The highest BCUT2D eigenvalue weighted by atomic mass is 35.5. The molecule has 1 amide bonds. The predicted octanol–water partition coefficient (Wildman–Crippen LogP) is 4.73. The van der Waals surface area contributed by atoms with Crippen LogP contribution in [0, 0.1) is 0 Å². The van der Waals surface area contributed by atoms with Crippen molar-refractivity contribution in [3.63, 3.8) is 0 Å². The predicted molar refractivity (Wildman–Crippen MR) is 107 cm³/mol. The van der Waals surface area contributed by atoms with Gasteiger partial charge in [-0.1, -0.05) is 23.7 Å². The number of carbonyl (C=O) groups excluding carboxylic acids is 1. The molecule has 0 saturated carbocycles. The van der Waals surface area contributed by atoms with Gasteiger partial charge < -0.3 is 14.5 Å². The number of carbonyl (C=O) groups is 1. The largest absolute Gasteiger partial charge is 0.495 e. The zero-order valence-electron chi connectivity index (χ0n) is 15.7. The molecule has 3 rings (SSSR count). The molecule has 0 radical (unpaired) electrons. The van der Waals surface area contributed by atoms with Gasteiger partial charge in [-0.25, -0.2) is 0 Å². The van der Waals surface area contributed by atoms with Crippen molar-refractivity contribution < 1.29 is 22.7 Å². The van der Waals surface area contributed by atoms with Gasteiger partial charge in [0, 0.05) is 37.3 Å². The fourth-order valence-electron chi connectivity index (χ4n) is 3.17. The number of nitrogens with zero attached hydrogens (tertiary/aromatic N) is 2. The molecule has 0 aromatic heterocycles. The molecular weight excluding hydrogens is 405 g/mol. The zero-order valence-corrected chi connectivity index (χ0v) is 16.5. The number of alkyl halides is 3. The van der Waals surface area contributed by atoms with E-state index in [0.29, 0.717) is 26.2 Å². The first-order chi connectivity index (χ1) is 13.8. The smallest absolute Gasteiger partial charge is 0.416 e. The van der Waals surface area contributed by atoms with Crippen LogP contribution in [0.4, 0.5) is 18.9 Å². The second-order valence-corrected chi connectivity index (χ2v) is 6.96. The van der Waals surface area contributed by atoms with E-state index in [1.165, 1.54) is 18.2 Å². The Labute approximate surface area is 172 Å². The lowest BCUT2D eigenvalue weighted by Gasteiger charge is -2.36. The zero-order chi connectivity index (χ0) is 21.0. The van der Waals surface area contributed by atoms with Crippen molar-refractivity contribution in [3.8, 4) is 5.75 Å². The lowest BCUT2D eigenvalue weighted by Crippen LogP contribution is -2.48. The minimum atomic E-state index is -4.47. The van der Waals surface area contributed by atoms with E-state index in [0.717, 1.165) is 23.6 Å². The average Bonchev–Trinajstić information content (AvgIpc) is 2.72. The van der Waals surface area contributed by atoms with Crippen LogP contribution >= 0.6 is 11.6 Å². The fraction of sp³-hybridized carbons (Fsp3) is 0.286. The van der Waals surface area contributed by atoms with Crippen LogP contribution in [0.1, 0.15) is 11.1 Å². The average molecular weight is 425 g/mol. The molecule has 29 heavy (non-hydrogen) atoms. The van der Waals surface area contributed by atoms with Crippen LogP contribution in [0.25, 0.3) is 6.08 Å². The van der Waals surface area contributed by atoms with Crippen molar-refractivity contribution in [2.24, 2.45) is 0 Å². The Morgan fingerprint density at radius 3 is 2.45 bits per heavy atom. The molecule has 0 bridgehead atoms. The summed E-state index contributed by atoms with van der Waals surface area (Å²) in [6.45, 7) is 2.25. The molecular formula is C21H20ClF3N2O2. The summed E-state index contributed by atoms with van der Waals surface area (Å²) >= 11 is 5.97. The first-order valence-electron chi connectivity index (χ1n) is 9.01. The van der Waals surface area contributed by atoms with Crippen molar-refractivity contribution in [3.05, 3.63) is 64.7 Å². The molecule has 1 saturated heterocycles. The van der Waals surface area contributed by atoms with Gasteiger partial charge in [-0.2, -0.15) is 13.2 Å².